The van der Waals surface area contributed by atoms with Crippen molar-refractivity contribution in [2.24, 2.45) is 0 Å². The molecule has 114 valence electrons. The molecule has 0 bridgehead atoms. The number of rotatable bonds is 5. The van der Waals surface area contributed by atoms with Gasteiger partial charge in [0.25, 0.3) is 5.91 Å². The number of carbonyl (C=O) groups excluding carboxylic acids is 2. The van der Waals surface area contributed by atoms with Gasteiger partial charge in [0.1, 0.15) is 0 Å². The Hall–Kier alpha value is -1.89. The molecule has 0 saturated carbocycles. The fourth-order valence-electron chi connectivity index (χ4n) is 2.05. The summed E-state index contributed by atoms with van der Waals surface area (Å²) in [5.41, 5.74) is 0.124. The van der Waals surface area contributed by atoms with Gasteiger partial charge >= 0.3 is 5.97 Å². The van der Waals surface area contributed by atoms with Gasteiger partial charge in [-0.3, -0.25) is 9.59 Å². The van der Waals surface area contributed by atoms with E-state index in [-0.39, 0.29) is 29.7 Å². The highest BCUT2D eigenvalue weighted by Gasteiger charge is 2.19. The van der Waals surface area contributed by atoms with Crippen LogP contribution in [0.1, 0.15) is 29.8 Å². The second-order valence-corrected chi connectivity index (χ2v) is 5.05. The predicted molar refractivity (Wildman–Crippen MR) is 77.5 cm³/mol. The normalized spacial score (nSPS) is 14.1. The lowest BCUT2D eigenvalue weighted by molar-refractivity contribution is -0.140. The first-order valence-electron chi connectivity index (χ1n) is 6.74. The summed E-state index contributed by atoms with van der Waals surface area (Å²) in [5.74, 6) is -0.302. The van der Waals surface area contributed by atoms with E-state index in [2.05, 4.69) is 20.0 Å². The second-order valence-electron chi connectivity index (χ2n) is 4.64. The SMILES string of the molecule is COC(=O)CCNC(=O)c1nc(N2CCCC2)ncc1Cl. The first-order valence-corrected chi connectivity index (χ1v) is 7.12. The number of halogens is 1. The van der Waals surface area contributed by atoms with Crippen molar-refractivity contribution in [3.63, 3.8) is 0 Å². The molecule has 2 rings (SSSR count). The van der Waals surface area contributed by atoms with Gasteiger partial charge in [-0.2, -0.15) is 0 Å². The average Bonchev–Trinajstić information content (AvgIpc) is 3.01. The van der Waals surface area contributed by atoms with Gasteiger partial charge in [-0.15, -0.1) is 0 Å². The van der Waals surface area contributed by atoms with Crippen LogP contribution in [0, 0.1) is 0 Å². The van der Waals surface area contributed by atoms with E-state index < -0.39 is 5.91 Å². The lowest BCUT2D eigenvalue weighted by Gasteiger charge is -2.15. The van der Waals surface area contributed by atoms with Crippen molar-refractivity contribution in [2.75, 3.05) is 31.6 Å². The van der Waals surface area contributed by atoms with Gasteiger partial charge in [-0.25, -0.2) is 9.97 Å². The number of nitrogens with zero attached hydrogens (tertiary/aromatic N) is 3. The largest absolute Gasteiger partial charge is 0.469 e. The minimum absolute atomic E-state index is 0.101. The Balaban J connectivity index is 2.02. The van der Waals surface area contributed by atoms with E-state index in [4.69, 9.17) is 11.6 Å². The molecule has 0 unspecified atom stereocenters. The van der Waals surface area contributed by atoms with Crippen LogP contribution >= 0.6 is 11.6 Å². The number of nitrogens with one attached hydrogen (secondary N) is 1. The molecule has 0 atom stereocenters. The topological polar surface area (TPSA) is 84.4 Å². The van der Waals surface area contributed by atoms with E-state index in [9.17, 15) is 9.59 Å². The molecule has 21 heavy (non-hydrogen) atoms. The molecule has 1 amide bonds. The van der Waals surface area contributed by atoms with Gasteiger partial charge in [-0.05, 0) is 12.8 Å². The Morgan fingerprint density at radius 2 is 2.14 bits per heavy atom. The minimum atomic E-state index is -0.424. The van der Waals surface area contributed by atoms with Crippen molar-refractivity contribution in [1.82, 2.24) is 15.3 Å². The lowest BCUT2D eigenvalue weighted by atomic mass is 10.3. The standard InChI is InChI=1S/C13H17ClN4O3/c1-21-10(19)4-5-15-12(20)11-9(14)8-16-13(17-11)18-6-2-3-7-18/h8H,2-7H2,1H3,(H,15,20). The number of ether oxygens (including phenoxy) is 1. The number of amides is 1. The first-order chi connectivity index (χ1) is 10.1. The maximum absolute atomic E-state index is 12.0. The Morgan fingerprint density at radius 3 is 2.81 bits per heavy atom. The number of carbonyl (C=O) groups is 2. The Bertz CT molecular complexity index is 532. The molecule has 1 fully saturated rings. The van der Waals surface area contributed by atoms with E-state index in [1.54, 1.807) is 0 Å². The van der Waals surface area contributed by atoms with Crippen molar-refractivity contribution in [2.45, 2.75) is 19.3 Å². The van der Waals surface area contributed by atoms with Crippen LogP contribution in [-0.2, 0) is 9.53 Å². The van der Waals surface area contributed by atoms with Gasteiger partial charge in [0.15, 0.2) is 5.69 Å². The Kier molecular flexibility index (Phi) is 5.32. The van der Waals surface area contributed by atoms with Crippen LogP contribution in [0.25, 0.3) is 0 Å². The third-order valence-corrected chi connectivity index (χ3v) is 3.45. The summed E-state index contributed by atoms with van der Waals surface area (Å²) >= 11 is 5.97. The van der Waals surface area contributed by atoms with Gasteiger partial charge in [-0.1, -0.05) is 11.6 Å². The molecule has 0 aliphatic carbocycles. The van der Waals surface area contributed by atoms with Crippen molar-refractivity contribution in [3.8, 4) is 0 Å². The number of anilines is 1. The molecule has 0 radical (unpaired) electrons. The van der Waals surface area contributed by atoms with Gasteiger partial charge in [0.05, 0.1) is 24.8 Å². The van der Waals surface area contributed by atoms with Crippen LogP contribution in [0.3, 0.4) is 0 Å². The maximum Gasteiger partial charge on any atom is 0.307 e. The van der Waals surface area contributed by atoms with Crippen LogP contribution in [0.2, 0.25) is 5.02 Å². The smallest absolute Gasteiger partial charge is 0.307 e. The Labute approximate surface area is 127 Å². The molecular formula is C13H17ClN4O3. The minimum Gasteiger partial charge on any atom is -0.469 e. The molecule has 1 aromatic heterocycles. The summed E-state index contributed by atoms with van der Waals surface area (Å²) in [6, 6.07) is 0. The van der Waals surface area contributed by atoms with E-state index in [0.29, 0.717) is 5.95 Å². The predicted octanol–water partition coefficient (Wildman–Crippen LogP) is 1.02. The molecule has 1 aromatic rings. The summed E-state index contributed by atoms with van der Waals surface area (Å²) in [4.78, 5) is 33.4. The zero-order chi connectivity index (χ0) is 15.2. The van der Waals surface area contributed by atoms with E-state index in [1.165, 1.54) is 13.3 Å². The highest BCUT2D eigenvalue weighted by Crippen LogP contribution is 2.19. The number of aromatic nitrogens is 2. The molecular weight excluding hydrogens is 296 g/mol. The van der Waals surface area contributed by atoms with E-state index >= 15 is 0 Å². The van der Waals surface area contributed by atoms with Crippen molar-refractivity contribution in [1.29, 1.82) is 0 Å². The summed E-state index contributed by atoms with van der Waals surface area (Å²) < 4.78 is 4.50. The highest BCUT2D eigenvalue weighted by molar-refractivity contribution is 6.33. The summed E-state index contributed by atoms with van der Waals surface area (Å²) in [7, 11) is 1.30. The molecule has 1 N–H and O–H groups in total. The number of esters is 1. The van der Waals surface area contributed by atoms with Crippen molar-refractivity contribution < 1.29 is 14.3 Å². The Morgan fingerprint density at radius 1 is 1.43 bits per heavy atom. The van der Waals surface area contributed by atoms with Gasteiger partial charge in [0.2, 0.25) is 5.95 Å². The third-order valence-electron chi connectivity index (χ3n) is 3.18. The van der Waals surface area contributed by atoms with Crippen LogP contribution in [0.5, 0.6) is 0 Å². The lowest BCUT2D eigenvalue weighted by Crippen LogP contribution is -2.29. The molecule has 8 heteroatoms. The number of hydrogen-bond donors (Lipinski definition) is 1. The van der Waals surface area contributed by atoms with Crippen LogP contribution in [0.4, 0.5) is 5.95 Å². The van der Waals surface area contributed by atoms with Crippen molar-refractivity contribution >= 4 is 29.4 Å². The zero-order valence-corrected chi connectivity index (χ0v) is 12.5. The summed E-state index contributed by atoms with van der Waals surface area (Å²) in [5, 5.41) is 2.78. The van der Waals surface area contributed by atoms with Gasteiger partial charge < -0.3 is 15.0 Å². The fraction of sp³-hybridized carbons (Fsp3) is 0.538. The van der Waals surface area contributed by atoms with Crippen LogP contribution in [-0.4, -0.2) is 48.6 Å². The third kappa shape index (κ3) is 4.04. The second kappa shape index (κ2) is 7.21. The molecule has 7 nitrogen and oxygen atoms in total. The number of methoxy groups -OCH3 is 1. The van der Waals surface area contributed by atoms with Crippen molar-refractivity contribution in [3.05, 3.63) is 16.9 Å². The summed E-state index contributed by atoms with van der Waals surface area (Å²) in [6.07, 6.45) is 3.71. The van der Waals surface area contributed by atoms with Gasteiger partial charge in [0, 0.05) is 19.6 Å². The first kappa shape index (κ1) is 15.5. The highest BCUT2D eigenvalue weighted by atomic mass is 35.5. The average molecular weight is 313 g/mol. The maximum atomic E-state index is 12.0. The summed E-state index contributed by atoms with van der Waals surface area (Å²) in [6.45, 7) is 1.93. The monoisotopic (exact) mass is 312 g/mol. The zero-order valence-electron chi connectivity index (χ0n) is 11.8. The molecule has 1 saturated heterocycles. The molecule has 2 heterocycles. The quantitative estimate of drug-likeness (QED) is 0.817. The van der Waals surface area contributed by atoms with E-state index in [1.807, 2.05) is 4.90 Å². The molecule has 0 spiro atoms. The van der Waals surface area contributed by atoms with Crippen LogP contribution in [0.15, 0.2) is 6.20 Å². The van der Waals surface area contributed by atoms with E-state index in [0.717, 1.165) is 25.9 Å². The van der Waals surface area contributed by atoms with Crippen LogP contribution < -0.4 is 10.2 Å². The molecule has 1 aliphatic heterocycles. The molecule has 1 aliphatic rings. The fourth-order valence-corrected chi connectivity index (χ4v) is 2.23. The number of hydrogen-bond acceptors (Lipinski definition) is 6. The molecule has 0 aromatic carbocycles.